The van der Waals surface area contributed by atoms with Crippen LogP contribution in [-0.2, 0) is 13.0 Å². The third kappa shape index (κ3) is 4.96. The molecule has 162 valence electrons. The standard InChI is InChI=1S/C23H27N5O3/c1-26(17-18-7-3-2-4-8-18)23(30)28-15-13-27(14-16-28)22(29)24-12-11-20-19-9-5-6-10-21(19)31-25-20/h2-10H,11-17H2,1H3,(H,24,29). The Morgan fingerprint density at radius 2 is 1.68 bits per heavy atom. The summed E-state index contributed by atoms with van der Waals surface area (Å²) in [6.45, 7) is 3.14. The third-order valence-electron chi connectivity index (χ3n) is 5.52. The minimum absolute atomic E-state index is 0.0122. The Kier molecular flexibility index (Phi) is 6.35. The first kappa shape index (κ1) is 20.7. The molecule has 4 rings (SSSR count). The molecule has 0 radical (unpaired) electrons. The van der Waals surface area contributed by atoms with Crippen molar-refractivity contribution in [2.24, 2.45) is 0 Å². The number of carbonyl (C=O) groups excluding carboxylic acids is 2. The lowest BCUT2D eigenvalue weighted by atomic mass is 10.2. The molecule has 0 saturated carbocycles. The van der Waals surface area contributed by atoms with Crippen LogP contribution in [0.2, 0.25) is 0 Å². The van der Waals surface area contributed by atoms with Crippen molar-refractivity contribution in [3.8, 4) is 0 Å². The molecule has 0 spiro atoms. The molecule has 3 aromatic rings. The van der Waals surface area contributed by atoms with Crippen molar-refractivity contribution in [1.82, 2.24) is 25.2 Å². The SMILES string of the molecule is CN(Cc1ccccc1)C(=O)N1CCN(C(=O)NCCc2noc3ccccc23)CC1. The first-order chi connectivity index (χ1) is 15.1. The van der Waals surface area contributed by atoms with Crippen LogP contribution in [-0.4, -0.2) is 71.7 Å². The smallest absolute Gasteiger partial charge is 0.320 e. The number of carbonyl (C=O) groups is 2. The molecule has 2 heterocycles. The Morgan fingerprint density at radius 3 is 2.45 bits per heavy atom. The van der Waals surface area contributed by atoms with Gasteiger partial charge in [-0.1, -0.05) is 47.6 Å². The minimum atomic E-state index is -0.113. The Hall–Kier alpha value is -3.55. The number of piperazine rings is 1. The van der Waals surface area contributed by atoms with E-state index in [0.29, 0.717) is 45.7 Å². The van der Waals surface area contributed by atoms with Crippen LogP contribution in [0.1, 0.15) is 11.3 Å². The molecule has 31 heavy (non-hydrogen) atoms. The van der Waals surface area contributed by atoms with Crippen molar-refractivity contribution in [2.45, 2.75) is 13.0 Å². The van der Waals surface area contributed by atoms with Crippen LogP contribution in [0.15, 0.2) is 59.1 Å². The van der Waals surface area contributed by atoms with Gasteiger partial charge in [0.15, 0.2) is 5.58 Å². The van der Waals surface area contributed by atoms with Gasteiger partial charge < -0.3 is 24.5 Å². The van der Waals surface area contributed by atoms with E-state index in [2.05, 4.69) is 10.5 Å². The summed E-state index contributed by atoms with van der Waals surface area (Å²) in [5.74, 6) is 0. The van der Waals surface area contributed by atoms with Gasteiger partial charge in [-0.05, 0) is 17.7 Å². The molecule has 0 unspecified atom stereocenters. The van der Waals surface area contributed by atoms with Crippen LogP contribution in [0.5, 0.6) is 0 Å². The largest absolute Gasteiger partial charge is 0.356 e. The summed E-state index contributed by atoms with van der Waals surface area (Å²) >= 11 is 0. The highest BCUT2D eigenvalue weighted by Crippen LogP contribution is 2.17. The Bertz CT molecular complexity index is 1030. The number of para-hydroxylation sites is 1. The molecule has 1 aliphatic rings. The summed E-state index contributed by atoms with van der Waals surface area (Å²) < 4.78 is 5.30. The second kappa shape index (κ2) is 9.51. The topological polar surface area (TPSA) is 81.9 Å². The lowest BCUT2D eigenvalue weighted by molar-refractivity contribution is 0.123. The molecule has 8 nitrogen and oxygen atoms in total. The normalized spacial score (nSPS) is 14.0. The zero-order chi connectivity index (χ0) is 21.6. The number of nitrogens with one attached hydrogen (secondary N) is 1. The predicted molar refractivity (Wildman–Crippen MR) is 118 cm³/mol. The van der Waals surface area contributed by atoms with Gasteiger partial charge in [0.1, 0.15) is 0 Å². The number of hydrogen-bond acceptors (Lipinski definition) is 4. The molecule has 0 aliphatic carbocycles. The number of amides is 4. The number of nitrogens with zero attached hydrogens (tertiary/aromatic N) is 4. The average molecular weight is 422 g/mol. The van der Waals surface area contributed by atoms with Crippen LogP contribution in [0.4, 0.5) is 9.59 Å². The molecular weight excluding hydrogens is 394 g/mol. The second-order valence-corrected chi connectivity index (χ2v) is 7.71. The van der Waals surface area contributed by atoms with Gasteiger partial charge in [0.05, 0.1) is 5.69 Å². The molecule has 1 aliphatic heterocycles. The fourth-order valence-electron chi connectivity index (χ4n) is 3.79. The maximum atomic E-state index is 12.7. The number of benzene rings is 2. The van der Waals surface area contributed by atoms with Gasteiger partial charge in [-0.15, -0.1) is 0 Å². The summed E-state index contributed by atoms with van der Waals surface area (Å²) in [6, 6.07) is 17.5. The van der Waals surface area contributed by atoms with Crippen LogP contribution in [0, 0.1) is 0 Å². The molecule has 4 amide bonds. The van der Waals surface area contributed by atoms with E-state index in [-0.39, 0.29) is 12.1 Å². The maximum Gasteiger partial charge on any atom is 0.320 e. The Morgan fingerprint density at radius 1 is 1.00 bits per heavy atom. The van der Waals surface area contributed by atoms with E-state index in [0.717, 1.165) is 22.2 Å². The zero-order valence-corrected chi connectivity index (χ0v) is 17.7. The number of rotatable bonds is 5. The number of urea groups is 2. The molecule has 8 heteroatoms. The summed E-state index contributed by atoms with van der Waals surface area (Å²) in [4.78, 5) is 30.5. The van der Waals surface area contributed by atoms with Crippen molar-refractivity contribution >= 4 is 23.0 Å². The average Bonchev–Trinajstić information content (AvgIpc) is 3.22. The van der Waals surface area contributed by atoms with Gasteiger partial charge in [-0.2, -0.15) is 0 Å². The van der Waals surface area contributed by atoms with Gasteiger partial charge in [-0.25, -0.2) is 9.59 Å². The van der Waals surface area contributed by atoms with Gasteiger partial charge >= 0.3 is 12.1 Å². The lowest BCUT2D eigenvalue weighted by Crippen LogP contribution is -2.55. The van der Waals surface area contributed by atoms with Gasteiger partial charge in [-0.3, -0.25) is 0 Å². The highest BCUT2D eigenvalue weighted by molar-refractivity contribution is 5.79. The predicted octanol–water partition coefficient (Wildman–Crippen LogP) is 2.95. The second-order valence-electron chi connectivity index (χ2n) is 7.71. The van der Waals surface area contributed by atoms with E-state index in [9.17, 15) is 9.59 Å². The van der Waals surface area contributed by atoms with E-state index >= 15 is 0 Å². The van der Waals surface area contributed by atoms with Crippen LogP contribution in [0.3, 0.4) is 0 Å². The summed E-state index contributed by atoms with van der Waals surface area (Å²) in [7, 11) is 1.81. The quantitative estimate of drug-likeness (QED) is 0.687. The van der Waals surface area contributed by atoms with Gasteiger partial charge in [0, 0.05) is 58.1 Å². The van der Waals surface area contributed by atoms with Crippen LogP contribution < -0.4 is 5.32 Å². The molecule has 1 saturated heterocycles. The molecular formula is C23H27N5O3. The van der Waals surface area contributed by atoms with Crippen molar-refractivity contribution in [3.63, 3.8) is 0 Å². The van der Waals surface area contributed by atoms with E-state index in [1.807, 2.05) is 61.6 Å². The molecule has 1 aromatic heterocycles. The fraction of sp³-hybridized carbons (Fsp3) is 0.348. The van der Waals surface area contributed by atoms with Gasteiger partial charge in [0.2, 0.25) is 0 Å². The summed E-state index contributed by atoms with van der Waals surface area (Å²) in [5, 5.41) is 8.01. The van der Waals surface area contributed by atoms with Crippen molar-refractivity contribution in [2.75, 3.05) is 39.8 Å². The third-order valence-corrected chi connectivity index (χ3v) is 5.52. The molecule has 0 atom stereocenters. The van der Waals surface area contributed by atoms with Crippen LogP contribution >= 0.6 is 0 Å². The fourth-order valence-corrected chi connectivity index (χ4v) is 3.79. The first-order valence-corrected chi connectivity index (χ1v) is 10.5. The van der Waals surface area contributed by atoms with E-state index in [4.69, 9.17) is 4.52 Å². The summed E-state index contributed by atoms with van der Waals surface area (Å²) in [5.41, 5.74) is 2.69. The van der Waals surface area contributed by atoms with Gasteiger partial charge in [0.25, 0.3) is 0 Å². The van der Waals surface area contributed by atoms with Crippen LogP contribution in [0.25, 0.3) is 11.0 Å². The van der Waals surface area contributed by atoms with E-state index < -0.39 is 0 Å². The van der Waals surface area contributed by atoms with E-state index in [1.165, 1.54) is 0 Å². The minimum Gasteiger partial charge on any atom is -0.356 e. The zero-order valence-electron chi connectivity index (χ0n) is 17.7. The monoisotopic (exact) mass is 421 g/mol. The molecule has 0 bridgehead atoms. The number of fused-ring (bicyclic) bond motifs is 1. The number of aromatic nitrogens is 1. The number of hydrogen-bond donors (Lipinski definition) is 1. The Labute approximate surface area is 181 Å². The van der Waals surface area contributed by atoms with Crippen molar-refractivity contribution < 1.29 is 14.1 Å². The molecule has 2 aromatic carbocycles. The highest BCUT2D eigenvalue weighted by atomic mass is 16.5. The van der Waals surface area contributed by atoms with Crippen molar-refractivity contribution in [1.29, 1.82) is 0 Å². The maximum absolute atomic E-state index is 12.7. The molecule has 1 N–H and O–H groups in total. The van der Waals surface area contributed by atoms with Crippen molar-refractivity contribution in [3.05, 3.63) is 65.9 Å². The summed E-state index contributed by atoms with van der Waals surface area (Å²) in [6.07, 6.45) is 0.603. The van der Waals surface area contributed by atoms with E-state index in [1.54, 1.807) is 14.7 Å². The highest BCUT2D eigenvalue weighted by Gasteiger charge is 2.26. The first-order valence-electron chi connectivity index (χ1n) is 10.5. The lowest BCUT2D eigenvalue weighted by Gasteiger charge is -2.36. The molecule has 1 fully saturated rings. The Balaban J connectivity index is 1.21.